The molecule has 0 unspecified atom stereocenters. The fourth-order valence-electron chi connectivity index (χ4n) is 2.00. The van der Waals surface area contributed by atoms with Crippen molar-refractivity contribution in [3.05, 3.63) is 29.3 Å². The van der Waals surface area contributed by atoms with Gasteiger partial charge in [-0.1, -0.05) is 6.07 Å². The van der Waals surface area contributed by atoms with E-state index in [4.69, 9.17) is 14.7 Å². The molecule has 0 bridgehead atoms. The molecule has 1 aromatic rings. The van der Waals surface area contributed by atoms with Gasteiger partial charge in [0.25, 0.3) is 5.91 Å². The third-order valence-electron chi connectivity index (χ3n) is 3.20. The fourth-order valence-corrected chi connectivity index (χ4v) is 2.00. The van der Waals surface area contributed by atoms with Crippen LogP contribution >= 0.6 is 0 Å². The molecule has 7 heteroatoms. The topological polar surface area (TPSA) is 88.9 Å². The number of hydrogen-bond donors (Lipinski definition) is 0. The molecule has 0 spiro atoms. The molecule has 0 aliphatic rings. The minimum absolute atomic E-state index is 0.130. The van der Waals surface area contributed by atoms with E-state index in [0.29, 0.717) is 23.7 Å². The van der Waals surface area contributed by atoms with Crippen LogP contribution in [0.4, 0.5) is 0 Å². The Morgan fingerprint density at radius 1 is 1.32 bits per heavy atom. The predicted octanol–water partition coefficient (Wildman–Crippen LogP) is 2.02. The lowest BCUT2D eigenvalue weighted by Crippen LogP contribution is -2.35. The largest absolute Gasteiger partial charge is 0.490 e. The molecule has 0 aromatic heterocycles. The summed E-state index contributed by atoms with van der Waals surface area (Å²) in [5, 5.41) is 9.03. The van der Waals surface area contributed by atoms with Gasteiger partial charge in [0.15, 0.2) is 17.6 Å². The van der Waals surface area contributed by atoms with E-state index in [-0.39, 0.29) is 11.5 Å². The lowest BCUT2D eigenvalue weighted by molar-refractivity contribution is -0.136. The van der Waals surface area contributed by atoms with Crippen LogP contribution in [0.1, 0.15) is 19.4 Å². The van der Waals surface area contributed by atoms with Crippen molar-refractivity contribution in [3.63, 3.8) is 0 Å². The molecule has 134 valence electrons. The third kappa shape index (κ3) is 5.53. The molecule has 0 aliphatic carbocycles. The Morgan fingerprint density at radius 3 is 2.52 bits per heavy atom. The second kappa shape index (κ2) is 9.33. The monoisotopic (exact) mass is 346 g/mol. The number of benzene rings is 1. The van der Waals surface area contributed by atoms with Gasteiger partial charge in [0, 0.05) is 14.1 Å². The number of carbonyl (C=O) groups is 2. The number of amides is 1. The van der Waals surface area contributed by atoms with Crippen LogP contribution in [0.5, 0.6) is 11.5 Å². The summed E-state index contributed by atoms with van der Waals surface area (Å²) in [6, 6.07) is 6.71. The molecule has 0 radical (unpaired) electrons. The Kier molecular flexibility index (Phi) is 7.47. The molecule has 0 saturated heterocycles. The highest BCUT2D eigenvalue weighted by Crippen LogP contribution is 2.30. The standard InChI is InChI=1S/C18H22N2O5/c1-6-24-16-10-13(9-14(11-19)18(22)23-5)7-8-15(16)25-12(2)17(21)20(3)4/h7-10,12H,6H2,1-5H3/b14-9+/t12-/m0/s1. The van der Waals surface area contributed by atoms with Gasteiger partial charge in [0.1, 0.15) is 11.6 Å². The number of likely N-dealkylation sites (N-methyl/N-ethyl adjacent to an activating group) is 1. The Morgan fingerprint density at radius 2 is 2.00 bits per heavy atom. The lowest BCUT2D eigenvalue weighted by Gasteiger charge is -2.20. The van der Waals surface area contributed by atoms with Gasteiger partial charge in [0.05, 0.1) is 13.7 Å². The van der Waals surface area contributed by atoms with Gasteiger partial charge < -0.3 is 19.1 Å². The van der Waals surface area contributed by atoms with Gasteiger partial charge in [-0.2, -0.15) is 5.26 Å². The van der Waals surface area contributed by atoms with E-state index in [1.807, 2.05) is 6.92 Å². The summed E-state index contributed by atoms with van der Waals surface area (Å²) in [6.45, 7) is 3.86. The average molecular weight is 346 g/mol. The van der Waals surface area contributed by atoms with Gasteiger partial charge in [-0.25, -0.2) is 4.79 Å². The van der Waals surface area contributed by atoms with Gasteiger partial charge in [-0.3, -0.25) is 4.79 Å². The molecule has 1 aromatic carbocycles. The number of esters is 1. The van der Waals surface area contributed by atoms with Crippen LogP contribution in [0, 0.1) is 11.3 Å². The Labute approximate surface area is 147 Å². The fraction of sp³-hybridized carbons (Fsp3) is 0.389. The first-order valence-corrected chi connectivity index (χ1v) is 7.68. The highest BCUT2D eigenvalue weighted by molar-refractivity contribution is 5.97. The molecule has 7 nitrogen and oxygen atoms in total. The SMILES string of the molecule is CCOc1cc(/C=C(\C#N)C(=O)OC)ccc1O[C@@H](C)C(=O)N(C)C. The maximum atomic E-state index is 11.9. The lowest BCUT2D eigenvalue weighted by atomic mass is 10.1. The first-order valence-electron chi connectivity index (χ1n) is 7.68. The van der Waals surface area contributed by atoms with Gasteiger partial charge >= 0.3 is 5.97 Å². The number of nitriles is 1. The third-order valence-corrected chi connectivity index (χ3v) is 3.20. The van der Waals surface area contributed by atoms with E-state index in [0.717, 1.165) is 0 Å². The minimum atomic E-state index is -0.717. The summed E-state index contributed by atoms with van der Waals surface area (Å²) in [4.78, 5) is 24.9. The van der Waals surface area contributed by atoms with Crippen molar-refractivity contribution in [2.75, 3.05) is 27.8 Å². The van der Waals surface area contributed by atoms with E-state index in [1.165, 1.54) is 18.1 Å². The van der Waals surface area contributed by atoms with Crippen molar-refractivity contribution in [2.24, 2.45) is 0 Å². The molecule has 25 heavy (non-hydrogen) atoms. The van der Waals surface area contributed by atoms with E-state index < -0.39 is 12.1 Å². The summed E-state index contributed by atoms with van der Waals surface area (Å²) in [5.41, 5.74) is 0.444. The Balaban J connectivity index is 3.15. The number of nitrogens with zero attached hydrogens (tertiary/aromatic N) is 2. The average Bonchev–Trinajstić information content (AvgIpc) is 2.60. The molecule has 0 heterocycles. The summed E-state index contributed by atoms with van der Waals surface area (Å²) < 4.78 is 15.8. The molecular weight excluding hydrogens is 324 g/mol. The second-order valence-electron chi connectivity index (χ2n) is 5.29. The van der Waals surface area contributed by atoms with Crippen molar-refractivity contribution in [1.29, 1.82) is 5.26 Å². The van der Waals surface area contributed by atoms with E-state index in [2.05, 4.69) is 4.74 Å². The van der Waals surface area contributed by atoms with E-state index in [9.17, 15) is 9.59 Å². The van der Waals surface area contributed by atoms with Crippen molar-refractivity contribution < 1.29 is 23.8 Å². The molecule has 1 amide bonds. The van der Waals surface area contributed by atoms with Crippen LogP contribution in [-0.2, 0) is 14.3 Å². The molecule has 0 saturated carbocycles. The quantitative estimate of drug-likeness (QED) is 0.426. The first-order chi connectivity index (χ1) is 11.8. The normalized spacial score (nSPS) is 11.9. The van der Waals surface area contributed by atoms with Crippen LogP contribution in [-0.4, -0.2) is 50.7 Å². The second-order valence-corrected chi connectivity index (χ2v) is 5.29. The maximum Gasteiger partial charge on any atom is 0.348 e. The summed E-state index contributed by atoms with van der Waals surface area (Å²) >= 11 is 0. The van der Waals surface area contributed by atoms with Crippen LogP contribution in [0.2, 0.25) is 0 Å². The Hall–Kier alpha value is -3.01. The minimum Gasteiger partial charge on any atom is -0.490 e. The van der Waals surface area contributed by atoms with Gasteiger partial charge in [-0.05, 0) is 37.6 Å². The van der Waals surface area contributed by atoms with E-state index in [1.54, 1.807) is 45.3 Å². The highest BCUT2D eigenvalue weighted by atomic mass is 16.5. The van der Waals surface area contributed by atoms with E-state index >= 15 is 0 Å². The van der Waals surface area contributed by atoms with Crippen LogP contribution < -0.4 is 9.47 Å². The molecule has 0 aliphatic heterocycles. The summed E-state index contributed by atoms with van der Waals surface area (Å²) in [7, 11) is 4.50. The Bertz CT molecular complexity index is 704. The smallest absolute Gasteiger partial charge is 0.348 e. The van der Waals surface area contributed by atoms with Crippen LogP contribution in [0.25, 0.3) is 6.08 Å². The zero-order valence-electron chi connectivity index (χ0n) is 15.0. The van der Waals surface area contributed by atoms with Gasteiger partial charge in [-0.15, -0.1) is 0 Å². The predicted molar refractivity (Wildman–Crippen MR) is 92.0 cm³/mol. The van der Waals surface area contributed by atoms with Crippen molar-refractivity contribution in [1.82, 2.24) is 4.90 Å². The van der Waals surface area contributed by atoms with Gasteiger partial charge in [0.2, 0.25) is 0 Å². The molecule has 0 N–H and O–H groups in total. The molecule has 1 rings (SSSR count). The number of ether oxygens (including phenoxy) is 3. The first kappa shape index (κ1) is 20.0. The van der Waals surface area contributed by atoms with Crippen LogP contribution in [0.15, 0.2) is 23.8 Å². The van der Waals surface area contributed by atoms with Crippen molar-refractivity contribution >= 4 is 18.0 Å². The van der Waals surface area contributed by atoms with Crippen LogP contribution in [0.3, 0.4) is 0 Å². The molecule has 0 fully saturated rings. The summed E-state index contributed by atoms with van der Waals surface area (Å²) in [6.07, 6.45) is 0.715. The number of hydrogen-bond acceptors (Lipinski definition) is 6. The number of rotatable bonds is 7. The van der Waals surface area contributed by atoms with Crippen molar-refractivity contribution in [2.45, 2.75) is 20.0 Å². The van der Waals surface area contributed by atoms with Crippen molar-refractivity contribution in [3.8, 4) is 17.6 Å². The zero-order chi connectivity index (χ0) is 19.0. The maximum absolute atomic E-state index is 11.9. The summed E-state index contributed by atoms with van der Waals surface area (Å²) in [5.74, 6) is -0.0787. The molecular formula is C18H22N2O5. The zero-order valence-corrected chi connectivity index (χ0v) is 15.0. The number of carbonyl (C=O) groups excluding carboxylic acids is 2. The highest BCUT2D eigenvalue weighted by Gasteiger charge is 2.19. The number of methoxy groups -OCH3 is 1. The molecule has 1 atom stereocenters.